The molecule has 6 rings (SSSR count). The highest BCUT2D eigenvalue weighted by Gasteiger charge is 2.38. The number of rotatable bonds is 8. The number of para-hydroxylation sites is 1. The third-order valence-electron chi connectivity index (χ3n) is 7.79. The van der Waals surface area contributed by atoms with Crippen LogP contribution in [0.3, 0.4) is 0 Å². The Bertz CT molecular complexity index is 1850. The summed E-state index contributed by atoms with van der Waals surface area (Å²) in [7, 11) is 0. The molecule has 3 heterocycles. The van der Waals surface area contributed by atoms with Crippen molar-refractivity contribution < 1.29 is 31.8 Å². The van der Waals surface area contributed by atoms with E-state index >= 15 is 8.78 Å². The van der Waals surface area contributed by atoms with E-state index in [4.69, 9.17) is 14.5 Å². The number of nitrogens with one attached hydrogen (secondary N) is 2. The predicted octanol–water partition coefficient (Wildman–Crippen LogP) is 7.85. The van der Waals surface area contributed by atoms with Gasteiger partial charge in [-0.05, 0) is 56.5 Å². The average molecular weight is 610 g/mol. The first kappa shape index (κ1) is 28.9. The van der Waals surface area contributed by atoms with Crippen molar-refractivity contribution in [2.75, 3.05) is 13.2 Å². The van der Waals surface area contributed by atoms with Crippen molar-refractivity contribution in [2.24, 2.45) is 0 Å². The number of ether oxygens (including phenoxy) is 2. The number of hydrogen-bond donors (Lipinski definition) is 2. The van der Waals surface area contributed by atoms with Crippen LogP contribution in [-0.2, 0) is 21.4 Å². The largest absolute Gasteiger partial charge is 0.493 e. The first-order chi connectivity index (χ1) is 20.7. The van der Waals surface area contributed by atoms with Gasteiger partial charge < -0.3 is 19.4 Å². The Hall–Kier alpha value is -4.25. The molecule has 0 bridgehead atoms. The van der Waals surface area contributed by atoms with Crippen LogP contribution >= 0.6 is 11.8 Å². The van der Waals surface area contributed by atoms with Crippen molar-refractivity contribution in [1.29, 1.82) is 0 Å². The number of aromatic amines is 2. The monoisotopic (exact) mass is 609 g/mol. The van der Waals surface area contributed by atoms with Gasteiger partial charge in [-0.3, -0.25) is 4.79 Å². The molecule has 5 aromatic rings. The van der Waals surface area contributed by atoms with Gasteiger partial charge in [-0.2, -0.15) is 0 Å². The molecular weight excluding hydrogens is 582 g/mol. The first-order valence-electron chi connectivity index (χ1n) is 13.8. The topological polar surface area (TPSA) is 80.0 Å². The van der Waals surface area contributed by atoms with Crippen LogP contribution in [0, 0.1) is 23.3 Å². The van der Waals surface area contributed by atoms with Crippen LogP contribution in [0.2, 0.25) is 0 Å². The summed E-state index contributed by atoms with van der Waals surface area (Å²) in [5.74, 6) is -3.34. The van der Waals surface area contributed by atoms with E-state index in [1.54, 1.807) is 13.1 Å². The maximum atomic E-state index is 15.1. The van der Waals surface area contributed by atoms with Crippen LogP contribution in [0.1, 0.15) is 43.5 Å². The minimum atomic E-state index is -1.32. The third-order valence-corrected chi connectivity index (χ3v) is 8.85. The van der Waals surface area contributed by atoms with Crippen LogP contribution < -0.4 is 4.74 Å². The molecular formula is C32H27F4N3O3S. The lowest BCUT2D eigenvalue weighted by molar-refractivity contribution is -0.143. The molecule has 0 fully saturated rings. The number of carbonyl (C=O) groups is 1. The zero-order valence-corrected chi connectivity index (χ0v) is 24.1. The molecule has 0 saturated heterocycles. The van der Waals surface area contributed by atoms with Crippen LogP contribution in [0.25, 0.3) is 22.3 Å². The highest BCUT2D eigenvalue weighted by molar-refractivity contribution is 7.99. The van der Waals surface area contributed by atoms with Gasteiger partial charge in [0.2, 0.25) is 0 Å². The summed E-state index contributed by atoms with van der Waals surface area (Å²) in [5, 5.41) is -0.0755. The summed E-state index contributed by atoms with van der Waals surface area (Å²) < 4.78 is 70.6. The molecule has 1 aliphatic rings. The van der Waals surface area contributed by atoms with Gasteiger partial charge in [-0.15, -0.1) is 0 Å². The van der Waals surface area contributed by atoms with Gasteiger partial charge in [0.05, 0.1) is 34.9 Å². The van der Waals surface area contributed by atoms with Crippen molar-refractivity contribution >= 4 is 28.6 Å². The number of H-pyrrole nitrogens is 2. The number of fused-ring (bicyclic) bond motifs is 2. The van der Waals surface area contributed by atoms with E-state index in [0.29, 0.717) is 54.2 Å². The Labute approximate surface area is 248 Å². The summed E-state index contributed by atoms with van der Waals surface area (Å²) >= 11 is 0.665. The minimum Gasteiger partial charge on any atom is -0.493 e. The fourth-order valence-corrected chi connectivity index (χ4v) is 6.40. The van der Waals surface area contributed by atoms with Gasteiger partial charge in [0, 0.05) is 40.1 Å². The Kier molecular flexibility index (Phi) is 7.68. The molecule has 0 radical (unpaired) electrons. The van der Waals surface area contributed by atoms with Gasteiger partial charge in [0.15, 0.2) is 11.6 Å². The van der Waals surface area contributed by atoms with E-state index in [1.165, 1.54) is 30.5 Å². The van der Waals surface area contributed by atoms with Gasteiger partial charge in [-0.25, -0.2) is 22.5 Å². The molecule has 222 valence electrons. The molecule has 0 amide bonds. The second kappa shape index (κ2) is 11.4. The lowest BCUT2D eigenvalue weighted by atomic mass is 9.74. The van der Waals surface area contributed by atoms with Crippen molar-refractivity contribution in [3.05, 3.63) is 94.9 Å². The fourth-order valence-electron chi connectivity index (χ4n) is 5.48. The molecule has 6 nitrogen and oxygen atoms in total. The van der Waals surface area contributed by atoms with Crippen LogP contribution in [0.4, 0.5) is 17.6 Å². The normalized spacial score (nSPS) is 16.2. The molecule has 2 N–H and O–H groups in total. The second-order valence-corrected chi connectivity index (χ2v) is 11.5. The zero-order valence-electron chi connectivity index (χ0n) is 23.3. The number of esters is 1. The predicted molar refractivity (Wildman–Crippen MR) is 154 cm³/mol. The van der Waals surface area contributed by atoms with Crippen molar-refractivity contribution in [2.45, 2.75) is 48.3 Å². The van der Waals surface area contributed by atoms with Crippen LogP contribution in [0.15, 0.2) is 64.6 Å². The summed E-state index contributed by atoms with van der Waals surface area (Å²) in [5.41, 5.74) is 1.70. The number of aromatic nitrogens is 3. The van der Waals surface area contributed by atoms with Crippen molar-refractivity contribution in [1.82, 2.24) is 15.0 Å². The Morgan fingerprint density at radius 1 is 1.09 bits per heavy atom. The van der Waals surface area contributed by atoms with Gasteiger partial charge in [0.1, 0.15) is 23.2 Å². The fraction of sp³-hybridized carbons (Fsp3) is 0.250. The van der Waals surface area contributed by atoms with E-state index in [2.05, 4.69) is 9.97 Å². The molecule has 0 aliphatic carbocycles. The number of nitrogens with zero attached hydrogens (tertiary/aromatic N) is 1. The minimum absolute atomic E-state index is 0.0755. The molecule has 11 heteroatoms. The number of imidazole rings is 1. The van der Waals surface area contributed by atoms with Crippen LogP contribution in [-0.4, -0.2) is 34.1 Å². The molecule has 0 spiro atoms. The first-order valence-corrected chi connectivity index (χ1v) is 14.6. The van der Waals surface area contributed by atoms with E-state index in [1.807, 2.05) is 25.1 Å². The second-order valence-electron chi connectivity index (χ2n) is 10.4. The maximum absolute atomic E-state index is 15.1. The summed E-state index contributed by atoms with van der Waals surface area (Å²) in [4.78, 5) is 22.0. The number of carbonyl (C=O) groups excluding carboxylic acids is 1. The van der Waals surface area contributed by atoms with Crippen LogP contribution in [0.5, 0.6) is 5.75 Å². The van der Waals surface area contributed by atoms with E-state index < -0.39 is 33.6 Å². The molecule has 43 heavy (non-hydrogen) atoms. The summed E-state index contributed by atoms with van der Waals surface area (Å²) in [6, 6.07) is 11.1. The molecule has 1 aliphatic heterocycles. The summed E-state index contributed by atoms with van der Waals surface area (Å²) in [6.07, 6.45) is 4.34. The molecule has 0 saturated carbocycles. The van der Waals surface area contributed by atoms with E-state index in [0.717, 1.165) is 11.1 Å². The maximum Gasteiger partial charge on any atom is 0.306 e. The van der Waals surface area contributed by atoms with Gasteiger partial charge in [-0.1, -0.05) is 30.0 Å². The number of aryl methyl sites for hydroxylation is 1. The van der Waals surface area contributed by atoms with Gasteiger partial charge >= 0.3 is 5.97 Å². The van der Waals surface area contributed by atoms with Gasteiger partial charge in [0.25, 0.3) is 0 Å². The molecule has 1 unspecified atom stereocenters. The molecule has 2 aromatic heterocycles. The third kappa shape index (κ3) is 5.15. The van der Waals surface area contributed by atoms with Crippen molar-refractivity contribution in [3.63, 3.8) is 0 Å². The SMILES string of the molecule is CCOC(=O)CCc1cccc2c1OCCC2(C)c1c[nH]c(-c2cc(Sc3c(F)c(F)c4[nH]ccc4c3F)ccc2F)n1. The number of hydrogen-bond acceptors (Lipinski definition) is 5. The number of benzene rings is 3. The van der Waals surface area contributed by atoms with E-state index in [9.17, 15) is 13.6 Å². The zero-order chi connectivity index (χ0) is 30.3. The lowest BCUT2D eigenvalue weighted by Gasteiger charge is -2.35. The average Bonchev–Trinajstić information content (AvgIpc) is 3.70. The summed E-state index contributed by atoms with van der Waals surface area (Å²) in [6.45, 7) is 4.53. The number of halogens is 4. The Morgan fingerprint density at radius 3 is 2.74 bits per heavy atom. The quantitative estimate of drug-likeness (QED) is 0.106. The molecule has 3 aromatic carbocycles. The Balaban J connectivity index is 1.31. The van der Waals surface area contributed by atoms with Crippen molar-refractivity contribution in [3.8, 4) is 17.1 Å². The molecule has 1 atom stereocenters. The lowest BCUT2D eigenvalue weighted by Crippen LogP contribution is -2.32. The standard InChI is InChI=1S/C32H27F4N3O3S/c1-3-41-24(40)10-7-17-5-4-6-21-29(17)42-14-12-32(21,2)23-16-38-31(39-23)20-15-18(8-9-22(20)33)43-30-25(34)19-11-13-37-28(19)26(35)27(30)36/h4-6,8-9,11,13,15-16,37H,3,7,10,12,14H2,1-2H3,(H,38,39). The Morgan fingerprint density at radius 2 is 1.93 bits per heavy atom. The highest BCUT2D eigenvalue weighted by Crippen LogP contribution is 2.45. The smallest absolute Gasteiger partial charge is 0.306 e. The van der Waals surface area contributed by atoms with E-state index in [-0.39, 0.29) is 34.7 Å². The highest BCUT2D eigenvalue weighted by atomic mass is 32.2.